The standard InChI is InChI=1S/C27H28N2O5S2/c1-6-33-21-15-18(10-13-20(21)32-4)24-23(26(31)34-7-2)16(3)28-27-29(24)25(30)22(36-27)14-17-8-11-19(35-5)12-9-17/h8-15,24H,6-7H2,1-5H3/b22-14-/t24-/m0/s1. The van der Waals surface area contributed by atoms with Gasteiger partial charge in [-0.3, -0.25) is 9.36 Å². The molecule has 2 aromatic carbocycles. The molecule has 0 saturated heterocycles. The second-order valence-electron chi connectivity index (χ2n) is 7.92. The van der Waals surface area contributed by atoms with Crippen molar-refractivity contribution in [3.05, 3.63) is 84.5 Å². The van der Waals surface area contributed by atoms with Crippen molar-refractivity contribution >= 4 is 35.1 Å². The number of rotatable bonds is 8. The maximum Gasteiger partial charge on any atom is 0.338 e. The van der Waals surface area contributed by atoms with Gasteiger partial charge in [-0.1, -0.05) is 29.5 Å². The fourth-order valence-corrected chi connectivity index (χ4v) is 5.54. The summed E-state index contributed by atoms with van der Waals surface area (Å²) >= 11 is 2.96. The molecular weight excluding hydrogens is 496 g/mol. The minimum absolute atomic E-state index is 0.214. The van der Waals surface area contributed by atoms with Crippen molar-refractivity contribution in [3.63, 3.8) is 0 Å². The molecule has 0 N–H and O–H groups in total. The Labute approximate surface area is 217 Å². The number of aromatic nitrogens is 1. The fraction of sp³-hybridized carbons (Fsp3) is 0.296. The summed E-state index contributed by atoms with van der Waals surface area (Å²) in [6.07, 6.45) is 3.88. The molecule has 188 valence electrons. The third kappa shape index (κ3) is 4.99. The number of nitrogens with zero attached hydrogens (tertiary/aromatic N) is 2. The normalized spacial score (nSPS) is 15.4. The third-order valence-corrected chi connectivity index (χ3v) is 7.46. The molecule has 0 unspecified atom stereocenters. The number of benzene rings is 2. The van der Waals surface area contributed by atoms with Crippen LogP contribution in [0.2, 0.25) is 0 Å². The maximum atomic E-state index is 13.7. The lowest BCUT2D eigenvalue weighted by Crippen LogP contribution is -2.40. The Morgan fingerprint density at radius 2 is 1.89 bits per heavy atom. The highest BCUT2D eigenvalue weighted by molar-refractivity contribution is 7.98. The molecule has 0 aliphatic carbocycles. The summed E-state index contributed by atoms with van der Waals surface area (Å²) in [5.41, 5.74) is 2.24. The topological polar surface area (TPSA) is 79.1 Å². The molecule has 0 bridgehead atoms. The molecule has 9 heteroatoms. The van der Waals surface area contributed by atoms with Gasteiger partial charge in [0.1, 0.15) is 0 Å². The van der Waals surface area contributed by atoms with Crippen LogP contribution in [0.1, 0.15) is 37.9 Å². The van der Waals surface area contributed by atoms with Crippen LogP contribution in [0.15, 0.2) is 68.4 Å². The van der Waals surface area contributed by atoms with Crippen LogP contribution in [0.5, 0.6) is 11.5 Å². The Kier molecular flexibility index (Phi) is 8.01. The number of esters is 1. The number of thiazole rings is 1. The molecule has 7 nitrogen and oxygen atoms in total. The molecule has 4 rings (SSSR count). The summed E-state index contributed by atoms with van der Waals surface area (Å²) < 4.78 is 18.7. The first-order valence-electron chi connectivity index (χ1n) is 11.6. The molecule has 1 aliphatic rings. The number of thioether (sulfide) groups is 1. The van der Waals surface area contributed by atoms with E-state index in [0.29, 0.717) is 44.3 Å². The number of hydrogen-bond acceptors (Lipinski definition) is 8. The molecule has 0 fully saturated rings. The van der Waals surface area contributed by atoms with Crippen molar-refractivity contribution in [1.82, 2.24) is 4.57 Å². The molecule has 1 atom stereocenters. The largest absolute Gasteiger partial charge is 0.493 e. The number of carbonyl (C=O) groups is 1. The highest BCUT2D eigenvalue weighted by Crippen LogP contribution is 2.36. The third-order valence-electron chi connectivity index (χ3n) is 5.73. The summed E-state index contributed by atoms with van der Waals surface area (Å²) in [7, 11) is 1.57. The first-order chi connectivity index (χ1) is 17.4. The van der Waals surface area contributed by atoms with Gasteiger partial charge in [0.15, 0.2) is 16.3 Å². The highest BCUT2D eigenvalue weighted by atomic mass is 32.2. The molecule has 36 heavy (non-hydrogen) atoms. The van der Waals surface area contributed by atoms with Crippen molar-refractivity contribution in [2.24, 2.45) is 4.99 Å². The van der Waals surface area contributed by atoms with Crippen molar-refractivity contribution in [2.75, 3.05) is 26.6 Å². The molecule has 0 spiro atoms. The van der Waals surface area contributed by atoms with E-state index in [-0.39, 0.29) is 12.2 Å². The number of methoxy groups -OCH3 is 1. The van der Waals surface area contributed by atoms with Gasteiger partial charge in [0.2, 0.25) is 0 Å². The van der Waals surface area contributed by atoms with Crippen molar-refractivity contribution in [3.8, 4) is 11.5 Å². The van der Waals surface area contributed by atoms with Gasteiger partial charge in [0.05, 0.1) is 42.2 Å². The van der Waals surface area contributed by atoms with Crippen molar-refractivity contribution < 1.29 is 19.0 Å². The Bertz CT molecular complexity index is 1490. The van der Waals surface area contributed by atoms with Gasteiger partial charge in [-0.15, -0.1) is 11.8 Å². The van der Waals surface area contributed by atoms with Gasteiger partial charge in [0.25, 0.3) is 5.56 Å². The van der Waals surface area contributed by atoms with Gasteiger partial charge in [-0.05, 0) is 68.5 Å². The van der Waals surface area contributed by atoms with Gasteiger partial charge in [-0.25, -0.2) is 9.79 Å². The number of ether oxygens (including phenoxy) is 3. The van der Waals surface area contributed by atoms with Crippen LogP contribution in [-0.4, -0.2) is 37.1 Å². The lowest BCUT2D eigenvalue weighted by atomic mass is 9.95. The summed E-state index contributed by atoms with van der Waals surface area (Å²) in [5, 5.41) is 0. The molecule has 2 heterocycles. The number of allylic oxidation sites excluding steroid dienone is 1. The second kappa shape index (κ2) is 11.2. The van der Waals surface area contributed by atoms with E-state index < -0.39 is 12.0 Å². The number of fused-ring (bicyclic) bond motifs is 1. The molecule has 0 radical (unpaired) electrons. The first-order valence-corrected chi connectivity index (χ1v) is 13.6. The van der Waals surface area contributed by atoms with Crippen LogP contribution in [0.4, 0.5) is 0 Å². The van der Waals surface area contributed by atoms with Crippen molar-refractivity contribution in [1.29, 1.82) is 0 Å². The quantitative estimate of drug-likeness (QED) is 0.328. The predicted octanol–water partition coefficient (Wildman–Crippen LogP) is 3.93. The molecule has 0 amide bonds. The minimum atomic E-state index is -0.716. The van der Waals surface area contributed by atoms with Crippen LogP contribution in [0, 0.1) is 0 Å². The van der Waals surface area contributed by atoms with Crippen LogP contribution in [0.3, 0.4) is 0 Å². The van der Waals surface area contributed by atoms with Gasteiger partial charge < -0.3 is 14.2 Å². The van der Waals surface area contributed by atoms with E-state index >= 15 is 0 Å². The molecular formula is C27H28N2O5S2. The summed E-state index contributed by atoms with van der Waals surface area (Å²) in [5.74, 6) is 0.603. The Balaban J connectivity index is 1.93. The Morgan fingerprint density at radius 3 is 2.53 bits per heavy atom. The average Bonchev–Trinajstić information content (AvgIpc) is 3.18. The van der Waals surface area contributed by atoms with E-state index in [1.807, 2.05) is 55.7 Å². The van der Waals surface area contributed by atoms with Crippen molar-refractivity contribution in [2.45, 2.75) is 31.7 Å². The maximum absolute atomic E-state index is 13.7. The minimum Gasteiger partial charge on any atom is -0.493 e. The van der Waals surface area contributed by atoms with Crippen LogP contribution < -0.4 is 24.4 Å². The van der Waals surface area contributed by atoms with E-state index in [9.17, 15) is 9.59 Å². The van der Waals surface area contributed by atoms with Crippen LogP contribution in [-0.2, 0) is 9.53 Å². The first kappa shape index (κ1) is 25.8. The van der Waals surface area contributed by atoms with E-state index in [0.717, 1.165) is 10.5 Å². The zero-order valence-corrected chi connectivity index (χ0v) is 22.5. The van der Waals surface area contributed by atoms with Crippen LogP contribution >= 0.6 is 23.1 Å². The number of hydrogen-bond donors (Lipinski definition) is 0. The van der Waals surface area contributed by atoms with E-state index in [1.54, 1.807) is 43.4 Å². The fourth-order valence-electron chi connectivity index (χ4n) is 4.09. The molecule has 1 aromatic heterocycles. The van der Waals surface area contributed by atoms with Gasteiger partial charge in [0, 0.05) is 4.90 Å². The lowest BCUT2D eigenvalue weighted by molar-refractivity contribution is -0.139. The zero-order valence-electron chi connectivity index (χ0n) is 20.9. The van der Waals surface area contributed by atoms with E-state index in [2.05, 4.69) is 4.99 Å². The molecule has 3 aromatic rings. The summed E-state index contributed by atoms with van der Waals surface area (Å²) in [4.78, 5) is 33.1. The van der Waals surface area contributed by atoms with Crippen LogP contribution in [0.25, 0.3) is 6.08 Å². The zero-order chi connectivity index (χ0) is 25.8. The molecule has 1 aliphatic heterocycles. The Hall–Kier alpha value is -3.30. The smallest absolute Gasteiger partial charge is 0.338 e. The van der Waals surface area contributed by atoms with E-state index in [1.165, 1.54) is 11.3 Å². The van der Waals surface area contributed by atoms with E-state index in [4.69, 9.17) is 14.2 Å². The van der Waals surface area contributed by atoms with Gasteiger partial charge >= 0.3 is 5.97 Å². The SMILES string of the molecule is CCOC(=O)C1=C(C)N=c2s/c(=C\c3ccc(SC)cc3)c(=O)n2[C@H]1c1ccc(OC)c(OCC)c1. The Morgan fingerprint density at radius 1 is 1.14 bits per heavy atom. The lowest BCUT2D eigenvalue weighted by Gasteiger charge is -2.25. The monoisotopic (exact) mass is 524 g/mol. The average molecular weight is 525 g/mol. The summed E-state index contributed by atoms with van der Waals surface area (Å²) in [6.45, 7) is 6.06. The predicted molar refractivity (Wildman–Crippen MR) is 143 cm³/mol. The number of carbonyl (C=O) groups excluding carboxylic acids is 1. The van der Waals surface area contributed by atoms with Gasteiger partial charge in [-0.2, -0.15) is 0 Å². The molecule has 0 saturated carbocycles. The highest BCUT2D eigenvalue weighted by Gasteiger charge is 2.33. The summed E-state index contributed by atoms with van der Waals surface area (Å²) in [6, 6.07) is 12.7. The second-order valence-corrected chi connectivity index (χ2v) is 9.81.